The molecule has 0 saturated heterocycles. The van der Waals surface area contributed by atoms with Gasteiger partial charge in [0, 0.05) is 7.05 Å². The molecular formula is C13H21N3O. The average molecular weight is 235 g/mol. The lowest BCUT2D eigenvalue weighted by Crippen LogP contribution is -2.39. The topological polar surface area (TPSA) is 59.6 Å². The Morgan fingerprint density at radius 2 is 2.18 bits per heavy atom. The predicted octanol–water partition coefficient (Wildman–Crippen LogP) is 1.69. The molecule has 0 radical (unpaired) electrons. The fourth-order valence-electron chi connectivity index (χ4n) is 1.44. The summed E-state index contributed by atoms with van der Waals surface area (Å²) in [6.07, 6.45) is 1.01. The number of para-hydroxylation sites is 1. The number of aryl methyl sites for hydroxylation is 1. The highest BCUT2D eigenvalue weighted by Gasteiger charge is 2.09. The molecule has 0 aliphatic heterocycles. The first-order valence-corrected chi connectivity index (χ1v) is 5.85. The summed E-state index contributed by atoms with van der Waals surface area (Å²) in [6, 6.07) is 8.00. The number of benzene rings is 1. The Labute approximate surface area is 103 Å². The Bertz CT molecular complexity index is 377. The van der Waals surface area contributed by atoms with Gasteiger partial charge in [-0.3, -0.25) is 4.99 Å². The van der Waals surface area contributed by atoms with E-state index in [0.717, 1.165) is 17.7 Å². The Hall–Kier alpha value is -1.71. The van der Waals surface area contributed by atoms with Gasteiger partial charge in [-0.25, -0.2) is 0 Å². The first-order valence-electron chi connectivity index (χ1n) is 5.85. The minimum atomic E-state index is 0.0939. The van der Waals surface area contributed by atoms with Crippen LogP contribution in [-0.2, 0) is 0 Å². The molecule has 0 aliphatic rings. The average Bonchev–Trinajstić information content (AvgIpc) is 2.36. The minimum absolute atomic E-state index is 0.0939. The maximum absolute atomic E-state index is 5.92. The molecule has 4 heteroatoms. The number of ether oxygens (including phenoxy) is 1. The normalized spacial score (nSPS) is 13.2. The van der Waals surface area contributed by atoms with Crippen LogP contribution in [0.3, 0.4) is 0 Å². The first-order chi connectivity index (χ1) is 8.17. The highest BCUT2D eigenvalue weighted by atomic mass is 16.5. The molecule has 0 aromatic heterocycles. The number of aliphatic imine (C=N–C) groups is 1. The van der Waals surface area contributed by atoms with Crippen molar-refractivity contribution in [2.24, 2.45) is 10.7 Å². The van der Waals surface area contributed by atoms with Gasteiger partial charge in [0.15, 0.2) is 5.96 Å². The number of hydrogen-bond donors (Lipinski definition) is 2. The van der Waals surface area contributed by atoms with E-state index in [0.29, 0.717) is 12.5 Å². The Morgan fingerprint density at radius 1 is 1.47 bits per heavy atom. The summed E-state index contributed by atoms with van der Waals surface area (Å²) in [5.41, 5.74) is 6.72. The van der Waals surface area contributed by atoms with Gasteiger partial charge in [0.1, 0.15) is 11.9 Å². The second kappa shape index (κ2) is 6.78. The number of hydrogen-bond acceptors (Lipinski definition) is 2. The maximum Gasteiger partial charge on any atom is 0.188 e. The van der Waals surface area contributed by atoms with E-state index in [2.05, 4.69) is 17.2 Å². The van der Waals surface area contributed by atoms with Gasteiger partial charge in [0.2, 0.25) is 0 Å². The van der Waals surface area contributed by atoms with Crippen LogP contribution >= 0.6 is 0 Å². The van der Waals surface area contributed by atoms with Crippen molar-refractivity contribution in [1.82, 2.24) is 5.32 Å². The zero-order chi connectivity index (χ0) is 12.7. The fourth-order valence-corrected chi connectivity index (χ4v) is 1.44. The summed E-state index contributed by atoms with van der Waals surface area (Å²) >= 11 is 0. The highest BCUT2D eigenvalue weighted by Crippen LogP contribution is 2.18. The van der Waals surface area contributed by atoms with E-state index in [-0.39, 0.29) is 6.10 Å². The summed E-state index contributed by atoms with van der Waals surface area (Å²) in [5.74, 6) is 1.37. The lowest BCUT2D eigenvalue weighted by molar-refractivity contribution is 0.198. The number of nitrogens with zero attached hydrogens (tertiary/aromatic N) is 1. The van der Waals surface area contributed by atoms with Gasteiger partial charge in [-0.15, -0.1) is 0 Å². The molecule has 0 bridgehead atoms. The molecule has 0 saturated carbocycles. The van der Waals surface area contributed by atoms with Crippen molar-refractivity contribution in [3.63, 3.8) is 0 Å². The summed E-state index contributed by atoms with van der Waals surface area (Å²) < 4.78 is 5.92. The molecule has 3 N–H and O–H groups in total. The summed E-state index contributed by atoms with van der Waals surface area (Å²) in [6.45, 7) is 4.79. The molecule has 17 heavy (non-hydrogen) atoms. The van der Waals surface area contributed by atoms with Crippen LogP contribution in [0.4, 0.5) is 0 Å². The third-order valence-electron chi connectivity index (χ3n) is 2.59. The third kappa shape index (κ3) is 4.34. The molecule has 1 aromatic carbocycles. The lowest BCUT2D eigenvalue weighted by Gasteiger charge is -2.19. The molecule has 1 unspecified atom stereocenters. The van der Waals surface area contributed by atoms with Gasteiger partial charge in [-0.05, 0) is 25.0 Å². The van der Waals surface area contributed by atoms with Crippen LogP contribution in [0.2, 0.25) is 0 Å². The number of rotatable bonds is 5. The van der Waals surface area contributed by atoms with Gasteiger partial charge < -0.3 is 15.8 Å². The molecule has 1 aromatic rings. The van der Waals surface area contributed by atoms with Crippen molar-refractivity contribution in [1.29, 1.82) is 0 Å². The molecule has 0 heterocycles. The zero-order valence-corrected chi connectivity index (χ0v) is 10.7. The zero-order valence-electron chi connectivity index (χ0n) is 10.7. The SMILES string of the molecule is CCC(CNC(N)=NC)Oc1ccccc1C. The van der Waals surface area contributed by atoms with Gasteiger partial charge in [-0.2, -0.15) is 0 Å². The predicted molar refractivity (Wildman–Crippen MR) is 71.4 cm³/mol. The number of nitrogens with two attached hydrogens (primary N) is 1. The molecule has 0 spiro atoms. The molecule has 0 amide bonds. The van der Waals surface area contributed by atoms with Crippen LogP contribution in [0, 0.1) is 6.92 Å². The molecule has 0 fully saturated rings. The van der Waals surface area contributed by atoms with Gasteiger partial charge in [0.25, 0.3) is 0 Å². The molecule has 0 aliphatic carbocycles. The number of guanidine groups is 1. The van der Waals surface area contributed by atoms with Crippen molar-refractivity contribution >= 4 is 5.96 Å². The Kier molecular flexibility index (Phi) is 5.33. The standard InChI is InChI=1S/C13H21N3O/c1-4-11(9-16-13(14)15-3)17-12-8-6-5-7-10(12)2/h5-8,11H,4,9H2,1-3H3,(H3,14,15,16). The van der Waals surface area contributed by atoms with Crippen molar-refractivity contribution < 1.29 is 4.74 Å². The van der Waals surface area contributed by atoms with Crippen LogP contribution in [-0.4, -0.2) is 25.7 Å². The molecule has 1 rings (SSSR count). The van der Waals surface area contributed by atoms with Crippen LogP contribution < -0.4 is 15.8 Å². The van der Waals surface area contributed by atoms with E-state index in [1.165, 1.54) is 0 Å². The van der Waals surface area contributed by atoms with Crippen LogP contribution in [0.25, 0.3) is 0 Å². The van der Waals surface area contributed by atoms with Crippen molar-refractivity contribution in [3.8, 4) is 5.75 Å². The van der Waals surface area contributed by atoms with Gasteiger partial charge >= 0.3 is 0 Å². The van der Waals surface area contributed by atoms with Gasteiger partial charge in [0.05, 0.1) is 6.54 Å². The second-order valence-corrected chi connectivity index (χ2v) is 3.90. The lowest BCUT2D eigenvalue weighted by atomic mass is 10.2. The Balaban J connectivity index is 2.55. The summed E-state index contributed by atoms with van der Waals surface area (Å²) in [4.78, 5) is 3.85. The molecular weight excluding hydrogens is 214 g/mol. The van der Waals surface area contributed by atoms with E-state index in [1.54, 1.807) is 7.05 Å². The smallest absolute Gasteiger partial charge is 0.188 e. The van der Waals surface area contributed by atoms with Crippen molar-refractivity contribution in [3.05, 3.63) is 29.8 Å². The second-order valence-electron chi connectivity index (χ2n) is 3.90. The minimum Gasteiger partial charge on any atom is -0.488 e. The third-order valence-corrected chi connectivity index (χ3v) is 2.59. The fraction of sp³-hybridized carbons (Fsp3) is 0.462. The van der Waals surface area contributed by atoms with Crippen molar-refractivity contribution in [2.45, 2.75) is 26.4 Å². The van der Waals surface area contributed by atoms with E-state index in [4.69, 9.17) is 10.5 Å². The van der Waals surface area contributed by atoms with Crippen LogP contribution in [0.5, 0.6) is 5.75 Å². The van der Waals surface area contributed by atoms with Crippen LogP contribution in [0.1, 0.15) is 18.9 Å². The Morgan fingerprint density at radius 3 is 2.76 bits per heavy atom. The van der Waals surface area contributed by atoms with E-state index >= 15 is 0 Å². The summed E-state index contributed by atoms with van der Waals surface area (Å²) in [7, 11) is 1.66. The quantitative estimate of drug-likeness (QED) is 0.603. The van der Waals surface area contributed by atoms with Crippen molar-refractivity contribution in [2.75, 3.05) is 13.6 Å². The largest absolute Gasteiger partial charge is 0.488 e. The summed E-state index contributed by atoms with van der Waals surface area (Å²) in [5, 5.41) is 3.03. The first kappa shape index (κ1) is 13.4. The highest BCUT2D eigenvalue weighted by molar-refractivity contribution is 5.77. The number of nitrogens with one attached hydrogen (secondary N) is 1. The molecule has 1 atom stereocenters. The van der Waals surface area contributed by atoms with Crippen LogP contribution in [0.15, 0.2) is 29.3 Å². The maximum atomic E-state index is 5.92. The molecule has 4 nitrogen and oxygen atoms in total. The van der Waals surface area contributed by atoms with Gasteiger partial charge in [-0.1, -0.05) is 25.1 Å². The molecule has 94 valence electrons. The van der Waals surface area contributed by atoms with E-state index in [1.807, 2.05) is 31.2 Å². The van der Waals surface area contributed by atoms with E-state index in [9.17, 15) is 0 Å². The van der Waals surface area contributed by atoms with E-state index < -0.39 is 0 Å². The monoisotopic (exact) mass is 235 g/mol.